The number of carbonyl (C=O) groups is 1. The summed E-state index contributed by atoms with van der Waals surface area (Å²) in [7, 11) is 0. The Bertz CT molecular complexity index is 1060. The first-order chi connectivity index (χ1) is 13.8. The molecule has 1 amide bonds. The first-order valence-corrected chi connectivity index (χ1v) is 9.29. The highest BCUT2D eigenvalue weighted by molar-refractivity contribution is 6.33. The van der Waals surface area contributed by atoms with Gasteiger partial charge in [-0.1, -0.05) is 23.7 Å². The summed E-state index contributed by atoms with van der Waals surface area (Å²) in [5, 5.41) is 19.5. The molecule has 0 aliphatic rings. The molecule has 29 heavy (non-hydrogen) atoms. The van der Waals surface area contributed by atoms with E-state index in [-0.39, 0.29) is 36.0 Å². The number of hydrogen-bond acceptors (Lipinski definition) is 6. The number of rotatable bonds is 6. The summed E-state index contributed by atoms with van der Waals surface area (Å²) in [5.74, 6) is 0.254. The Labute approximate surface area is 172 Å². The quantitative estimate of drug-likeness (QED) is 0.429. The van der Waals surface area contributed by atoms with E-state index < -0.39 is 4.92 Å². The fourth-order valence-corrected chi connectivity index (χ4v) is 3.07. The molecule has 2 aromatic carbocycles. The van der Waals surface area contributed by atoms with Crippen molar-refractivity contribution in [1.29, 1.82) is 0 Å². The van der Waals surface area contributed by atoms with Gasteiger partial charge in [0.25, 0.3) is 11.6 Å². The number of benzene rings is 2. The lowest BCUT2D eigenvalue weighted by molar-refractivity contribution is -0.385. The van der Waals surface area contributed by atoms with Gasteiger partial charge in [0.2, 0.25) is 11.8 Å². The van der Waals surface area contributed by atoms with Crippen LogP contribution in [-0.4, -0.2) is 32.0 Å². The van der Waals surface area contributed by atoms with E-state index >= 15 is 0 Å². The summed E-state index contributed by atoms with van der Waals surface area (Å²) in [6.07, 6.45) is 0. The largest absolute Gasteiger partial charge is 0.419 e. The summed E-state index contributed by atoms with van der Waals surface area (Å²) >= 11 is 6.16. The van der Waals surface area contributed by atoms with Crippen LogP contribution in [0, 0.1) is 17.0 Å². The van der Waals surface area contributed by atoms with Crippen LogP contribution in [0.25, 0.3) is 11.5 Å². The van der Waals surface area contributed by atoms with Gasteiger partial charge in [0.05, 0.1) is 22.1 Å². The van der Waals surface area contributed by atoms with Gasteiger partial charge >= 0.3 is 0 Å². The number of amides is 1. The number of nitro benzene ring substituents is 1. The Morgan fingerprint density at radius 1 is 1.24 bits per heavy atom. The van der Waals surface area contributed by atoms with Crippen molar-refractivity contribution in [1.82, 2.24) is 15.1 Å². The molecule has 0 unspecified atom stereocenters. The number of aryl methyl sites for hydroxylation is 1. The van der Waals surface area contributed by atoms with Crippen LogP contribution in [-0.2, 0) is 6.54 Å². The van der Waals surface area contributed by atoms with E-state index in [4.69, 9.17) is 16.0 Å². The Morgan fingerprint density at radius 3 is 2.59 bits per heavy atom. The number of aromatic nitrogens is 2. The highest BCUT2D eigenvalue weighted by atomic mass is 35.5. The first-order valence-electron chi connectivity index (χ1n) is 8.91. The summed E-state index contributed by atoms with van der Waals surface area (Å²) in [5.41, 5.74) is 1.36. The van der Waals surface area contributed by atoms with Crippen LogP contribution in [0.15, 0.2) is 46.9 Å². The molecule has 0 aliphatic carbocycles. The molecule has 0 N–H and O–H groups in total. The maximum Gasteiger partial charge on any atom is 0.272 e. The van der Waals surface area contributed by atoms with Crippen molar-refractivity contribution in [2.75, 3.05) is 0 Å². The Balaban J connectivity index is 1.84. The molecule has 0 radical (unpaired) electrons. The lowest BCUT2D eigenvalue weighted by atomic mass is 10.1. The van der Waals surface area contributed by atoms with Gasteiger partial charge in [0.15, 0.2) is 0 Å². The van der Waals surface area contributed by atoms with Gasteiger partial charge in [0, 0.05) is 23.2 Å². The summed E-state index contributed by atoms with van der Waals surface area (Å²) in [4.78, 5) is 25.1. The molecular weight excluding hydrogens is 396 g/mol. The van der Waals surface area contributed by atoms with E-state index in [1.54, 1.807) is 30.0 Å². The van der Waals surface area contributed by atoms with Gasteiger partial charge in [-0.2, -0.15) is 0 Å². The number of nitrogens with zero attached hydrogens (tertiary/aromatic N) is 4. The maximum atomic E-state index is 13.0. The van der Waals surface area contributed by atoms with E-state index in [9.17, 15) is 14.9 Å². The fourth-order valence-electron chi connectivity index (χ4n) is 2.85. The van der Waals surface area contributed by atoms with Crippen molar-refractivity contribution in [2.45, 2.75) is 33.4 Å². The van der Waals surface area contributed by atoms with Crippen molar-refractivity contribution >= 4 is 23.2 Å². The molecule has 0 atom stereocenters. The normalized spacial score (nSPS) is 10.9. The number of nitro groups is 1. The van der Waals surface area contributed by atoms with Gasteiger partial charge in [-0.3, -0.25) is 14.9 Å². The molecule has 0 saturated carbocycles. The molecule has 1 heterocycles. The molecule has 0 bridgehead atoms. The lowest BCUT2D eigenvalue weighted by Crippen LogP contribution is -2.36. The predicted molar refractivity (Wildman–Crippen MR) is 108 cm³/mol. The van der Waals surface area contributed by atoms with Crippen LogP contribution in [0.4, 0.5) is 5.69 Å². The Hall–Kier alpha value is -3.26. The summed E-state index contributed by atoms with van der Waals surface area (Å²) < 4.78 is 5.70. The minimum absolute atomic E-state index is 0.0288. The zero-order valence-corrected chi connectivity index (χ0v) is 16.9. The number of carbonyl (C=O) groups excluding carboxylic acids is 1. The Morgan fingerprint density at radius 2 is 1.97 bits per heavy atom. The van der Waals surface area contributed by atoms with Gasteiger partial charge in [-0.25, -0.2) is 0 Å². The highest BCUT2D eigenvalue weighted by Gasteiger charge is 2.24. The van der Waals surface area contributed by atoms with E-state index in [0.717, 1.165) is 0 Å². The molecule has 0 fully saturated rings. The molecule has 3 rings (SSSR count). The minimum atomic E-state index is -0.474. The maximum absolute atomic E-state index is 13.0. The van der Waals surface area contributed by atoms with Gasteiger partial charge in [0.1, 0.15) is 0 Å². The van der Waals surface area contributed by atoms with Gasteiger partial charge in [-0.15, -0.1) is 10.2 Å². The van der Waals surface area contributed by atoms with Crippen LogP contribution in [0.2, 0.25) is 5.02 Å². The SMILES string of the molecule is Cc1cc(C(=O)N(Cc2nnc(-c3ccccc3Cl)o2)C(C)C)ccc1[N+](=O)[O-]. The van der Waals surface area contributed by atoms with E-state index in [1.807, 2.05) is 19.9 Å². The van der Waals surface area contributed by atoms with Gasteiger partial charge in [-0.05, 0) is 45.0 Å². The molecular formula is C20H19ClN4O4. The first kappa shape index (κ1) is 20.5. The average Bonchev–Trinajstić information content (AvgIpc) is 3.13. The van der Waals surface area contributed by atoms with Crippen LogP contribution < -0.4 is 0 Å². The van der Waals surface area contributed by atoms with Crippen LogP contribution in [0.1, 0.15) is 35.7 Å². The highest BCUT2D eigenvalue weighted by Crippen LogP contribution is 2.27. The second-order valence-corrected chi connectivity index (χ2v) is 7.17. The molecule has 0 aliphatic heterocycles. The molecule has 9 heteroatoms. The number of hydrogen-bond donors (Lipinski definition) is 0. The van der Waals surface area contributed by atoms with E-state index in [0.29, 0.717) is 21.7 Å². The van der Waals surface area contributed by atoms with Gasteiger partial charge < -0.3 is 9.32 Å². The molecule has 8 nitrogen and oxygen atoms in total. The van der Waals surface area contributed by atoms with Crippen LogP contribution >= 0.6 is 11.6 Å². The van der Waals surface area contributed by atoms with Crippen molar-refractivity contribution < 1.29 is 14.1 Å². The molecule has 0 saturated heterocycles. The lowest BCUT2D eigenvalue weighted by Gasteiger charge is -2.25. The molecule has 0 spiro atoms. The monoisotopic (exact) mass is 414 g/mol. The van der Waals surface area contributed by atoms with Crippen LogP contribution in [0.3, 0.4) is 0 Å². The zero-order valence-electron chi connectivity index (χ0n) is 16.1. The summed E-state index contributed by atoms with van der Waals surface area (Å²) in [6.45, 7) is 5.43. The van der Waals surface area contributed by atoms with Crippen molar-refractivity contribution in [3.63, 3.8) is 0 Å². The molecule has 1 aromatic heterocycles. The average molecular weight is 415 g/mol. The van der Waals surface area contributed by atoms with E-state index in [2.05, 4.69) is 10.2 Å². The summed E-state index contributed by atoms with van der Waals surface area (Å²) in [6, 6.07) is 11.2. The minimum Gasteiger partial charge on any atom is -0.419 e. The molecule has 150 valence electrons. The Kier molecular flexibility index (Phi) is 5.93. The molecule has 3 aromatic rings. The second-order valence-electron chi connectivity index (χ2n) is 6.77. The van der Waals surface area contributed by atoms with Crippen molar-refractivity contribution in [2.24, 2.45) is 0 Å². The van der Waals surface area contributed by atoms with Crippen molar-refractivity contribution in [3.05, 3.63) is 74.6 Å². The predicted octanol–water partition coefficient (Wildman–Crippen LogP) is 4.66. The van der Waals surface area contributed by atoms with Crippen LogP contribution in [0.5, 0.6) is 0 Å². The fraction of sp³-hybridized carbons (Fsp3) is 0.250. The third kappa shape index (κ3) is 4.43. The van der Waals surface area contributed by atoms with Crippen molar-refractivity contribution in [3.8, 4) is 11.5 Å². The topological polar surface area (TPSA) is 102 Å². The third-order valence-electron chi connectivity index (χ3n) is 4.40. The number of halogens is 1. The zero-order chi connectivity index (χ0) is 21.1. The smallest absolute Gasteiger partial charge is 0.272 e. The second kappa shape index (κ2) is 8.40. The standard InChI is InChI=1S/C20H19ClN4O4/c1-12(2)24(20(26)14-8-9-17(25(27)28)13(3)10-14)11-18-22-23-19(29-18)15-6-4-5-7-16(15)21/h4-10,12H,11H2,1-3H3. The van der Waals surface area contributed by atoms with E-state index in [1.165, 1.54) is 18.2 Å². The third-order valence-corrected chi connectivity index (χ3v) is 4.73.